The van der Waals surface area contributed by atoms with E-state index in [0.29, 0.717) is 63.1 Å². The summed E-state index contributed by atoms with van der Waals surface area (Å²) in [5.41, 5.74) is -0.0755. The van der Waals surface area contributed by atoms with Gasteiger partial charge in [-0.25, -0.2) is 9.59 Å². The molecule has 0 heterocycles. The largest absolute Gasteiger partial charge is 0.464 e. The maximum Gasteiger partial charge on any atom is 0.407 e. The van der Waals surface area contributed by atoms with Crippen molar-refractivity contribution in [3.05, 3.63) is 59.7 Å². The fourth-order valence-corrected chi connectivity index (χ4v) is 7.06. The van der Waals surface area contributed by atoms with Gasteiger partial charge < -0.3 is 51.2 Å². The van der Waals surface area contributed by atoms with Gasteiger partial charge in [0, 0.05) is 24.2 Å². The van der Waals surface area contributed by atoms with Crippen LogP contribution in [0.4, 0.5) is 4.79 Å². The maximum absolute atomic E-state index is 13.7. The number of rotatable bonds is 30. The van der Waals surface area contributed by atoms with Gasteiger partial charge in [0.1, 0.15) is 35.2 Å². The van der Waals surface area contributed by atoms with Crippen LogP contribution < -0.4 is 36.6 Å². The van der Waals surface area contributed by atoms with Crippen molar-refractivity contribution in [1.82, 2.24) is 31.9 Å². The summed E-state index contributed by atoms with van der Waals surface area (Å²) in [7, 11) is 0. The highest BCUT2D eigenvalue weighted by molar-refractivity contribution is 5.99. The number of nitrogens with one attached hydrogen (secondary N) is 6. The number of ether oxygens (including phenoxy) is 3. The van der Waals surface area contributed by atoms with Gasteiger partial charge >= 0.3 is 12.1 Å². The average Bonchev–Trinajstić information content (AvgIpc) is 3.28. The van der Waals surface area contributed by atoms with Gasteiger partial charge in [0.2, 0.25) is 17.7 Å². The molecule has 386 valence electrons. The highest BCUT2D eigenvalue weighted by Crippen LogP contribution is 2.23. The molecule has 0 radical (unpaired) electrons. The van der Waals surface area contributed by atoms with E-state index in [-0.39, 0.29) is 54.2 Å². The lowest BCUT2D eigenvalue weighted by molar-refractivity contribution is -0.148. The van der Waals surface area contributed by atoms with Crippen molar-refractivity contribution in [3.8, 4) is 11.5 Å². The highest BCUT2D eigenvalue weighted by atomic mass is 16.6. The SMILES string of the molecule is CCCCNC(=O)C[C@H](O)[C@H](CC(C)C)NC(=O)[C@@H](NC(=O)c1ccc(Oc2ccc(C(=O)N[C@@H](CC(C)C)C(=O)N[C@@H](CCCCNC(=O)OC(C)(C)C)C(=O)OCCC)cc2)cc1)C(C)CC. The van der Waals surface area contributed by atoms with Crippen LogP contribution in [0.25, 0.3) is 0 Å². The van der Waals surface area contributed by atoms with Crippen LogP contribution in [0.5, 0.6) is 11.5 Å². The molecule has 0 aliphatic rings. The Morgan fingerprint density at radius 3 is 1.72 bits per heavy atom. The standard InChI is InChI=1S/C52H82N6O11/c1-12-15-27-53-44(60)32-43(59)41(30-33(4)5)56-49(64)45(35(8)14-3)58-47(62)37-21-25-39(26-22-37)68-38-23-19-36(20-24-38)46(61)57-42(31-34(6)7)48(63)55-40(50(65)67-29-13-2)18-16-17-28-54-51(66)69-52(9,10)11/h19-26,33-35,40-43,45,59H,12-18,27-32H2,1-11H3,(H,53,60)(H,54,66)(H,55,63)(H,56,64)(H,57,61)(H,58,62)/t35?,40-,41-,42-,43-,45-/m0/s1. The third-order valence-electron chi connectivity index (χ3n) is 11.0. The van der Waals surface area contributed by atoms with E-state index in [9.17, 15) is 38.7 Å². The lowest BCUT2D eigenvalue weighted by atomic mass is 9.94. The molecular formula is C52H82N6O11. The van der Waals surface area contributed by atoms with Gasteiger partial charge in [-0.15, -0.1) is 0 Å². The van der Waals surface area contributed by atoms with E-state index in [0.717, 1.165) is 12.8 Å². The van der Waals surface area contributed by atoms with Crippen LogP contribution in [-0.4, -0.2) is 102 Å². The van der Waals surface area contributed by atoms with Crippen molar-refractivity contribution < 1.29 is 52.9 Å². The van der Waals surface area contributed by atoms with Crippen LogP contribution in [0.1, 0.15) is 161 Å². The number of esters is 1. The number of aliphatic hydroxyl groups excluding tert-OH is 1. The molecule has 0 spiro atoms. The van der Waals surface area contributed by atoms with Crippen LogP contribution in [-0.2, 0) is 28.7 Å². The van der Waals surface area contributed by atoms with Crippen LogP contribution >= 0.6 is 0 Å². The van der Waals surface area contributed by atoms with Crippen LogP contribution in [0, 0.1) is 17.8 Å². The van der Waals surface area contributed by atoms with Crippen LogP contribution in [0.3, 0.4) is 0 Å². The minimum Gasteiger partial charge on any atom is -0.464 e. The summed E-state index contributed by atoms with van der Waals surface area (Å²) in [6.45, 7) is 21.8. The van der Waals surface area contributed by atoms with Crippen LogP contribution in [0.15, 0.2) is 48.5 Å². The summed E-state index contributed by atoms with van der Waals surface area (Å²) in [5.74, 6) is -2.11. The van der Waals surface area contributed by atoms with E-state index in [2.05, 4.69) is 31.9 Å². The summed E-state index contributed by atoms with van der Waals surface area (Å²) in [6.07, 6.45) is 3.17. The lowest BCUT2D eigenvalue weighted by Crippen LogP contribution is -2.55. The summed E-state index contributed by atoms with van der Waals surface area (Å²) in [5, 5.41) is 27.9. The second-order valence-electron chi connectivity index (χ2n) is 19.5. The van der Waals surface area contributed by atoms with Gasteiger partial charge in [-0.3, -0.25) is 24.0 Å². The van der Waals surface area contributed by atoms with E-state index >= 15 is 0 Å². The van der Waals surface area contributed by atoms with Crippen molar-refractivity contribution in [1.29, 1.82) is 0 Å². The van der Waals surface area contributed by atoms with Gasteiger partial charge in [0.25, 0.3) is 11.8 Å². The molecule has 69 heavy (non-hydrogen) atoms. The summed E-state index contributed by atoms with van der Waals surface area (Å²) >= 11 is 0. The maximum atomic E-state index is 13.7. The molecule has 0 bridgehead atoms. The lowest BCUT2D eigenvalue weighted by Gasteiger charge is -2.30. The zero-order chi connectivity index (χ0) is 51.7. The van der Waals surface area contributed by atoms with Gasteiger partial charge in [0.05, 0.1) is 25.2 Å². The zero-order valence-electron chi connectivity index (χ0n) is 43.0. The molecule has 2 aromatic carbocycles. The third kappa shape index (κ3) is 23.4. The number of benzene rings is 2. The smallest absolute Gasteiger partial charge is 0.407 e. The fraction of sp³-hybridized carbons (Fsp3) is 0.635. The van der Waals surface area contributed by atoms with E-state index in [1.807, 2.05) is 55.4 Å². The minimum absolute atomic E-state index is 0.0218. The number of amides is 6. The molecule has 0 aromatic heterocycles. The second-order valence-corrected chi connectivity index (χ2v) is 19.5. The Balaban J connectivity index is 2.09. The number of hydrogen-bond donors (Lipinski definition) is 7. The topological polar surface area (TPSA) is 240 Å². The molecule has 0 fully saturated rings. The first-order chi connectivity index (χ1) is 32.6. The van der Waals surface area contributed by atoms with Crippen molar-refractivity contribution in [2.75, 3.05) is 19.7 Å². The zero-order valence-corrected chi connectivity index (χ0v) is 43.0. The first-order valence-corrected chi connectivity index (χ1v) is 24.8. The van der Waals surface area contributed by atoms with Crippen molar-refractivity contribution in [2.24, 2.45) is 17.8 Å². The highest BCUT2D eigenvalue weighted by Gasteiger charge is 2.32. The monoisotopic (exact) mass is 967 g/mol. The molecular weight excluding hydrogens is 885 g/mol. The molecule has 2 rings (SSSR count). The molecule has 6 amide bonds. The average molecular weight is 967 g/mol. The summed E-state index contributed by atoms with van der Waals surface area (Å²) in [4.78, 5) is 91.8. The Hall–Kier alpha value is -5.71. The fourth-order valence-electron chi connectivity index (χ4n) is 7.06. The van der Waals surface area contributed by atoms with E-state index in [4.69, 9.17) is 14.2 Å². The molecule has 2 aromatic rings. The van der Waals surface area contributed by atoms with Gasteiger partial charge in [0.15, 0.2) is 0 Å². The number of carbonyl (C=O) groups excluding carboxylic acids is 7. The Bertz CT molecular complexity index is 1920. The number of carbonyl (C=O) groups is 7. The molecule has 1 unspecified atom stereocenters. The Morgan fingerprint density at radius 1 is 0.638 bits per heavy atom. The Labute approximate surface area is 410 Å². The third-order valence-corrected chi connectivity index (χ3v) is 11.0. The van der Waals surface area contributed by atoms with E-state index in [1.54, 1.807) is 69.3 Å². The van der Waals surface area contributed by atoms with Crippen molar-refractivity contribution in [2.45, 2.75) is 176 Å². The van der Waals surface area contributed by atoms with Crippen LogP contribution in [0.2, 0.25) is 0 Å². The molecule has 0 aliphatic heterocycles. The first kappa shape index (κ1) is 59.4. The molecule has 17 nitrogen and oxygen atoms in total. The van der Waals surface area contributed by atoms with Gasteiger partial charge in [-0.1, -0.05) is 68.2 Å². The second kappa shape index (κ2) is 30.7. The quantitative estimate of drug-likeness (QED) is 0.0308. The number of alkyl carbamates (subject to hydrolysis) is 1. The molecule has 6 atom stereocenters. The van der Waals surface area contributed by atoms with Gasteiger partial charge in [-0.05, 0) is 132 Å². The first-order valence-electron chi connectivity index (χ1n) is 24.8. The normalized spacial score (nSPS) is 14.0. The van der Waals surface area contributed by atoms with Gasteiger partial charge in [-0.2, -0.15) is 0 Å². The predicted octanol–water partition coefficient (Wildman–Crippen LogP) is 7.10. The number of hydrogen-bond acceptors (Lipinski definition) is 11. The van der Waals surface area contributed by atoms with Crippen molar-refractivity contribution in [3.63, 3.8) is 0 Å². The molecule has 17 heteroatoms. The Morgan fingerprint density at radius 2 is 1.20 bits per heavy atom. The van der Waals surface area contributed by atoms with Crippen molar-refractivity contribution >= 4 is 41.6 Å². The molecule has 0 saturated heterocycles. The van der Waals surface area contributed by atoms with E-state index in [1.165, 1.54) is 0 Å². The number of aliphatic hydroxyl groups is 1. The number of unbranched alkanes of at least 4 members (excludes halogenated alkanes) is 2. The summed E-state index contributed by atoms with van der Waals surface area (Å²) in [6, 6.07) is 9.14. The molecule has 0 saturated carbocycles. The summed E-state index contributed by atoms with van der Waals surface area (Å²) < 4.78 is 16.6. The van der Waals surface area contributed by atoms with E-state index < -0.39 is 71.6 Å². The molecule has 0 aliphatic carbocycles. The predicted molar refractivity (Wildman–Crippen MR) is 266 cm³/mol. The Kier molecular flexibility index (Phi) is 26.4. The minimum atomic E-state index is -1.11. The molecule has 7 N–H and O–H groups in total.